The molecule has 3 N–H and O–H groups in total. The van der Waals surface area contributed by atoms with Crippen LogP contribution in [-0.4, -0.2) is 26.6 Å². The Morgan fingerprint density at radius 1 is 1.30 bits per heavy atom. The molecule has 0 heterocycles. The minimum absolute atomic E-state index is 0.232. The van der Waals surface area contributed by atoms with Gasteiger partial charge >= 0.3 is 5.76 Å². The van der Waals surface area contributed by atoms with Gasteiger partial charge in [-0.1, -0.05) is 0 Å². The van der Waals surface area contributed by atoms with Gasteiger partial charge in [0.25, 0.3) is 0 Å². The number of hydrogen-bond donors (Lipinski definition) is 2. The molecule has 0 aliphatic heterocycles. The monoisotopic (exact) mass is 304 g/mol. The molecular weight excluding hydrogens is 290 g/mol. The fourth-order valence-corrected chi connectivity index (χ4v) is 2.49. The van der Waals surface area contributed by atoms with E-state index in [1.54, 1.807) is 0 Å². The lowest BCUT2D eigenvalue weighted by Crippen LogP contribution is -2.30. The summed E-state index contributed by atoms with van der Waals surface area (Å²) in [6, 6.07) is 4.64. The maximum atomic E-state index is 12.3. The molecule has 1 aromatic carbocycles. The number of amides is 1. The third-order valence-electron chi connectivity index (χ3n) is 3.40. The van der Waals surface area contributed by atoms with Gasteiger partial charge in [-0.3, -0.25) is 4.79 Å². The van der Waals surface area contributed by atoms with Crippen LogP contribution in [0.1, 0.15) is 12.8 Å². The summed E-state index contributed by atoms with van der Waals surface area (Å²) in [5.41, 5.74) is 5.33. The minimum atomic E-state index is -4.61. The molecule has 0 radical (unpaired) electrons. The highest BCUT2D eigenvalue weighted by Gasteiger charge is 2.48. The number of benzene rings is 1. The number of hydrogen-bond acceptors (Lipinski definition) is 4. The fraction of sp³-hybridized carbons (Fsp3) is 0.417. The molecule has 8 heteroatoms. The number of halogens is 2. The van der Waals surface area contributed by atoms with Crippen molar-refractivity contribution in [3.63, 3.8) is 0 Å². The molecule has 0 aromatic heterocycles. The fourth-order valence-electron chi connectivity index (χ4n) is 1.77. The van der Waals surface area contributed by atoms with Crippen LogP contribution >= 0.6 is 0 Å². The maximum Gasteiger partial charge on any atom is 0.341 e. The van der Waals surface area contributed by atoms with Crippen LogP contribution in [0.25, 0.3) is 0 Å². The number of nitrogens with two attached hydrogens (primary N) is 1. The van der Waals surface area contributed by atoms with E-state index < -0.39 is 25.9 Å². The highest BCUT2D eigenvalue weighted by atomic mass is 32.2. The maximum absolute atomic E-state index is 12.3. The third kappa shape index (κ3) is 2.66. The van der Waals surface area contributed by atoms with E-state index in [9.17, 15) is 22.0 Å². The molecule has 1 aromatic rings. The van der Waals surface area contributed by atoms with Crippen LogP contribution < -0.4 is 11.1 Å². The second kappa shape index (κ2) is 5.10. The number of nitrogens with one attached hydrogen (secondary N) is 1. The molecule has 0 bridgehead atoms. The van der Waals surface area contributed by atoms with Gasteiger partial charge in [0.2, 0.25) is 15.7 Å². The third-order valence-corrected chi connectivity index (χ3v) is 4.80. The number of carbonyl (C=O) groups is 1. The van der Waals surface area contributed by atoms with Crippen LogP contribution in [0.5, 0.6) is 0 Å². The van der Waals surface area contributed by atoms with Crippen molar-refractivity contribution < 1.29 is 22.0 Å². The first-order valence-corrected chi connectivity index (χ1v) is 7.50. The second-order valence-corrected chi connectivity index (χ2v) is 6.69. The Hall–Kier alpha value is -1.54. The van der Waals surface area contributed by atoms with Gasteiger partial charge in [0.05, 0.1) is 10.3 Å². The van der Waals surface area contributed by atoms with Gasteiger partial charge < -0.3 is 11.1 Å². The largest absolute Gasteiger partial charge is 0.341 e. The quantitative estimate of drug-likeness (QED) is 0.859. The molecule has 2 rings (SSSR count). The summed E-state index contributed by atoms with van der Waals surface area (Å²) in [6.45, 7) is 0.247. The summed E-state index contributed by atoms with van der Waals surface area (Å²) < 4.78 is 47.1. The van der Waals surface area contributed by atoms with Gasteiger partial charge in [-0.05, 0) is 37.1 Å². The zero-order chi connectivity index (χ0) is 15.0. The highest BCUT2D eigenvalue weighted by Crippen LogP contribution is 2.45. The van der Waals surface area contributed by atoms with Crippen molar-refractivity contribution in [3.05, 3.63) is 24.3 Å². The predicted molar refractivity (Wildman–Crippen MR) is 69.0 cm³/mol. The van der Waals surface area contributed by atoms with E-state index in [1.807, 2.05) is 0 Å². The Morgan fingerprint density at radius 3 is 2.25 bits per heavy atom. The van der Waals surface area contributed by atoms with Crippen molar-refractivity contribution in [2.45, 2.75) is 23.5 Å². The molecule has 1 fully saturated rings. The van der Waals surface area contributed by atoms with Crippen LogP contribution in [0.2, 0.25) is 0 Å². The Morgan fingerprint density at radius 2 is 1.85 bits per heavy atom. The standard InChI is InChI=1S/C12H14F2N2O3S/c13-11(14)20(18,19)9-3-1-8(2-4-9)16-10(17)12(7-15)5-6-12/h1-4,11H,5-7,15H2,(H,16,17). The molecule has 1 amide bonds. The average Bonchev–Trinajstić information content (AvgIpc) is 3.20. The highest BCUT2D eigenvalue weighted by molar-refractivity contribution is 7.91. The van der Waals surface area contributed by atoms with Crippen LogP contribution in [0, 0.1) is 5.41 Å². The summed E-state index contributed by atoms with van der Waals surface area (Å²) in [6.07, 6.45) is 1.43. The zero-order valence-electron chi connectivity index (χ0n) is 10.5. The van der Waals surface area contributed by atoms with Crippen LogP contribution in [0.4, 0.5) is 14.5 Å². The first-order valence-electron chi connectivity index (χ1n) is 5.95. The van der Waals surface area contributed by atoms with Gasteiger partial charge in [0, 0.05) is 12.2 Å². The molecule has 0 atom stereocenters. The van der Waals surface area contributed by atoms with Crippen molar-refractivity contribution in [1.82, 2.24) is 0 Å². The van der Waals surface area contributed by atoms with E-state index in [1.165, 1.54) is 12.1 Å². The lowest BCUT2D eigenvalue weighted by molar-refractivity contribution is -0.120. The van der Waals surface area contributed by atoms with Gasteiger partial charge in [-0.25, -0.2) is 8.42 Å². The SMILES string of the molecule is NCC1(C(=O)Nc2ccc(S(=O)(=O)C(F)F)cc2)CC1. The number of carbonyl (C=O) groups excluding carboxylic acids is 1. The summed E-state index contributed by atoms with van der Waals surface area (Å²) in [5.74, 6) is -3.70. The topological polar surface area (TPSA) is 89.3 Å². The Labute approximate surface area is 115 Å². The van der Waals surface area contributed by atoms with Crippen LogP contribution in [0.15, 0.2) is 29.2 Å². The zero-order valence-corrected chi connectivity index (χ0v) is 11.3. The minimum Gasteiger partial charge on any atom is -0.329 e. The van der Waals surface area contributed by atoms with E-state index in [-0.39, 0.29) is 12.5 Å². The van der Waals surface area contributed by atoms with Crippen molar-refractivity contribution in [2.24, 2.45) is 11.1 Å². The van der Waals surface area contributed by atoms with Crippen molar-refractivity contribution in [2.75, 3.05) is 11.9 Å². The normalized spacial score (nSPS) is 17.0. The number of alkyl halides is 2. The molecular formula is C12H14F2N2O3S. The Bertz CT molecular complexity index is 610. The lowest BCUT2D eigenvalue weighted by atomic mass is 10.1. The Balaban J connectivity index is 2.12. The van der Waals surface area contributed by atoms with Gasteiger partial charge in [0.15, 0.2) is 0 Å². The lowest BCUT2D eigenvalue weighted by Gasteiger charge is -2.13. The van der Waals surface area contributed by atoms with E-state index in [4.69, 9.17) is 5.73 Å². The van der Waals surface area contributed by atoms with E-state index in [2.05, 4.69) is 5.32 Å². The van der Waals surface area contributed by atoms with E-state index in [0.29, 0.717) is 18.5 Å². The van der Waals surface area contributed by atoms with Gasteiger partial charge in [0.1, 0.15) is 0 Å². The van der Waals surface area contributed by atoms with Crippen molar-refractivity contribution in [1.29, 1.82) is 0 Å². The molecule has 1 saturated carbocycles. The molecule has 110 valence electrons. The average molecular weight is 304 g/mol. The summed E-state index contributed by atoms with van der Waals surface area (Å²) in [5, 5.41) is 2.60. The summed E-state index contributed by atoms with van der Waals surface area (Å²) in [4.78, 5) is 11.4. The molecule has 0 unspecified atom stereocenters. The Kier molecular flexibility index (Phi) is 3.79. The number of rotatable bonds is 5. The second-order valence-electron chi connectivity index (χ2n) is 4.77. The van der Waals surface area contributed by atoms with Gasteiger partial charge in [-0.15, -0.1) is 0 Å². The van der Waals surface area contributed by atoms with Gasteiger partial charge in [-0.2, -0.15) is 8.78 Å². The van der Waals surface area contributed by atoms with E-state index >= 15 is 0 Å². The molecule has 0 spiro atoms. The predicted octanol–water partition coefficient (Wildman–Crippen LogP) is 1.36. The van der Waals surface area contributed by atoms with Crippen molar-refractivity contribution >= 4 is 21.4 Å². The molecule has 1 aliphatic rings. The summed E-state index contributed by atoms with van der Waals surface area (Å²) in [7, 11) is -4.61. The first-order chi connectivity index (χ1) is 9.32. The first kappa shape index (κ1) is 14.9. The van der Waals surface area contributed by atoms with Crippen molar-refractivity contribution in [3.8, 4) is 0 Å². The molecule has 1 aliphatic carbocycles. The van der Waals surface area contributed by atoms with Crippen LogP contribution in [-0.2, 0) is 14.6 Å². The smallest absolute Gasteiger partial charge is 0.329 e. The van der Waals surface area contributed by atoms with E-state index in [0.717, 1.165) is 12.1 Å². The molecule has 5 nitrogen and oxygen atoms in total. The summed E-state index contributed by atoms with van der Waals surface area (Å²) >= 11 is 0. The van der Waals surface area contributed by atoms with Crippen LogP contribution in [0.3, 0.4) is 0 Å². The number of anilines is 1. The molecule has 0 saturated heterocycles. The number of sulfone groups is 1. The molecule has 20 heavy (non-hydrogen) atoms.